The first-order chi connectivity index (χ1) is 9.68. The monoisotopic (exact) mass is 287 g/mol. The lowest BCUT2D eigenvalue weighted by Crippen LogP contribution is -2.31. The summed E-state index contributed by atoms with van der Waals surface area (Å²) in [4.78, 5) is 7.24. The van der Waals surface area contributed by atoms with E-state index in [0.717, 1.165) is 31.9 Å². The molecule has 2 aromatic rings. The van der Waals surface area contributed by atoms with Crippen LogP contribution in [0.5, 0.6) is 0 Å². The number of likely N-dealkylation sites (tertiary alicyclic amines) is 1. The lowest BCUT2D eigenvalue weighted by atomic mass is 9.90. The van der Waals surface area contributed by atoms with Crippen molar-refractivity contribution in [1.29, 1.82) is 0 Å². The van der Waals surface area contributed by atoms with Crippen LogP contribution in [0.3, 0.4) is 0 Å². The van der Waals surface area contributed by atoms with E-state index in [1.807, 2.05) is 6.07 Å². The average molecular weight is 287 g/mol. The molecule has 1 aromatic carbocycles. The Morgan fingerprint density at radius 2 is 2.15 bits per heavy atom. The molecular formula is C16H21N3S. The molecule has 0 radical (unpaired) electrons. The molecule has 1 unspecified atom stereocenters. The summed E-state index contributed by atoms with van der Waals surface area (Å²) in [7, 11) is 0. The standard InChI is InChI=1S/C16H21N3S/c1-16(11-17)7-8-19(12-16)9-15-18-14(10-20-15)13-5-3-2-4-6-13/h2-6,10H,7-9,11-12,17H2,1H3. The van der Waals surface area contributed by atoms with Gasteiger partial charge < -0.3 is 5.73 Å². The van der Waals surface area contributed by atoms with Crippen molar-refractivity contribution in [3.05, 3.63) is 40.7 Å². The predicted molar refractivity (Wildman–Crippen MR) is 84.6 cm³/mol. The Balaban J connectivity index is 1.67. The Morgan fingerprint density at radius 1 is 1.35 bits per heavy atom. The Bertz CT molecular complexity index is 566. The van der Waals surface area contributed by atoms with Gasteiger partial charge in [0, 0.05) is 17.5 Å². The van der Waals surface area contributed by atoms with Crippen LogP contribution >= 0.6 is 11.3 Å². The molecule has 2 heterocycles. The fourth-order valence-corrected chi connectivity index (χ4v) is 3.59. The predicted octanol–water partition coefficient (Wildman–Crippen LogP) is 2.98. The minimum absolute atomic E-state index is 0.291. The van der Waals surface area contributed by atoms with Crippen LogP contribution in [0.25, 0.3) is 11.3 Å². The molecule has 0 saturated carbocycles. The Hall–Kier alpha value is -1.23. The van der Waals surface area contributed by atoms with E-state index in [1.165, 1.54) is 17.0 Å². The normalized spacial score (nSPS) is 23.3. The molecule has 106 valence electrons. The van der Waals surface area contributed by atoms with Crippen molar-refractivity contribution >= 4 is 11.3 Å². The third-order valence-corrected chi connectivity index (χ3v) is 4.94. The van der Waals surface area contributed by atoms with Crippen molar-refractivity contribution < 1.29 is 0 Å². The maximum Gasteiger partial charge on any atom is 0.107 e. The van der Waals surface area contributed by atoms with E-state index in [4.69, 9.17) is 10.7 Å². The highest BCUT2D eigenvalue weighted by molar-refractivity contribution is 7.09. The Kier molecular flexibility index (Phi) is 3.87. The zero-order chi connectivity index (χ0) is 14.0. The minimum atomic E-state index is 0.291. The quantitative estimate of drug-likeness (QED) is 0.940. The average Bonchev–Trinajstić information content (AvgIpc) is 3.08. The van der Waals surface area contributed by atoms with Crippen LogP contribution in [0.1, 0.15) is 18.4 Å². The van der Waals surface area contributed by atoms with Crippen LogP contribution in [-0.2, 0) is 6.54 Å². The van der Waals surface area contributed by atoms with Crippen LogP contribution in [0, 0.1) is 5.41 Å². The smallest absolute Gasteiger partial charge is 0.107 e. The molecule has 1 aliphatic rings. The fraction of sp³-hybridized carbons (Fsp3) is 0.438. The molecule has 1 atom stereocenters. The van der Waals surface area contributed by atoms with Crippen LogP contribution in [0.2, 0.25) is 0 Å². The van der Waals surface area contributed by atoms with E-state index in [-0.39, 0.29) is 0 Å². The highest BCUT2D eigenvalue weighted by Crippen LogP contribution is 2.30. The molecular weight excluding hydrogens is 266 g/mol. The number of nitrogens with two attached hydrogens (primary N) is 1. The van der Waals surface area contributed by atoms with Gasteiger partial charge in [-0.2, -0.15) is 0 Å². The van der Waals surface area contributed by atoms with Gasteiger partial charge in [-0.05, 0) is 24.9 Å². The second-order valence-electron chi connectivity index (χ2n) is 5.97. The van der Waals surface area contributed by atoms with E-state index in [1.54, 1.807) is 11.3 Å². The van der Waals surface area contributed by atoms with Gasteiger partial charge in [0.15, 0.2) is 0 Å². The first-order valence-electron chi connectivity index (χ1n) is 7.11. The molecule has 20 heavy (non-hydrogen) atoms. The second-order valence-corrected chi connectivity index (χ2v) is 6.91. The van der Waals surface area contributed by atoms with E-state index in [9.17, 15) is 0 Å². The maximum atomic E-state index is 5.86. The molecule has 1 aromatic heterocycles. The molecule has 2 N–H and O–H groups in total. The minimum Gasteiger partial charge on any atom is -0.330 e. The van der Waals surface area contributed by atoms with Gasteiger partial charge in [0.1, 0.15) is 5.01 Å². The number of hydrogen-bond donors (Lipinski definition) is 1. The highest BCUT2D eigenvalue weighted by atomic mass is 32.1. The summed E-state index contributed by atoms with van der Waals surface area (Å²) in [6.07, 6.45) is 1.19. The van der Waals surface area contributed by atoms with E-state index in [0.29, 0.717) is 5.41 Å². The van der Waals surface area contributed by atoms with Crippen molar-refractivity contribution in [1.82, 2.24) is 9.88 Å². The summed E-state index contributed by atoms with van der Waals surface area (Å²) in [6.45, 7) is 6.23. The summed E-state index contributed by atoms with van der Waals surface area (Å²) >= 11 is 1.75. The number of rotatable bonds is 4. The van der Waals surface area contributed by atoms with Crippen molar-refractivity contribution in [2.75, 3.05) is 19.6 Å². The maximum absolute atomic E-state index is 5.86. The van der Waals surface area contributed by atoms with Crippen LogP contribution in [0.15, 0.2) is 35.7 Å². The van der Waals surface area contributed by atoms with E-state index >= 15 is 0 Å². The SMILES string of the molecule is CC1(CN)CCN(Cc2nc(-c3ccccc3)cs2)C1. The second kappa shape index (κ2) is 5.64. The summed E-state index contributed by atoms with van der Waals surface area (Å²) in [6, 6.07) is 10.4. The molecule has 0 spiro atoms. The molecule has 1 saturated heterocycles. The van der Waals surface area contributed by atoms with Crippen molar-refractivity contribution in [2.24, 2.45) is 11.1 Å². The van der Waals surface area contributed by atoms with Gasteiger partial charge in [-0.1, -0.05) is 37.3 Å². The highest BCUT2D eigenvalue weighted by Gasteiger charge is 2.32. The molecule has 0 amide bonds. The molecule has 4 heteroatoms. The summed E-state index contributed by atoms with van der Waals surface area (Å²) in [5.74, 6) is 0. The third kappa shape index (κ3) is 2.92. The van der Waals surface area contributed by atoms with Gasteiger partial charge in [-0.25, -0.2) is 4.98 Å². The summed E-state index contributed by atoms with van der Waals surface area (Å²) in [5.41, 5.74) is 8.44. The molecule has 3 rings (SSSR count). The zero-order valence-electron chi connectivity index (χ0n) is 11.9. The number of benzene rings is 1. The lowest BCUT2D eigenvalue weighted by molar-refractivity contribution is 0.274. The van der Waals surface area contributed by atoms with Gasteiger partial charge in [0.05, 0.1) is 12.2 Å². The Morgan fingerprint density at radius 3 is 2.85 bits per heavy atom. The Labute approximate surface area is 124 Å². The lowest BCUT2D eigenvalue weighted by Gasteiger charge is -2.21. The number of aromatic nitrogens is 1. The van der Waals surface area contributed by atoms with Crippen LogP contribution in [-0.4, -0.2) is 29.5 Å². The van der Waals surface area contributed by atoms with Crippen molar-refractivity contribution in [3.63, 3.8) is 0 Å². The van der Waals surface area contributed by atoms with E-state index in [2.05, 4.69) is 41.5 Å². The van der Waals surface area contributed by atoms with Crippen molar-refractivity contribution in [2.45, 2.75) is 19.9 Å². The molecule has 3 nitrogen and oxygen atoms in total. The van der Waals surface area contributed by atoms with Crippen LogP contribution < -0.4 is 5.73 Å². The third-order valence-electron chi connectivity index (χ3n) is 4.11. The number of nitrogens with zero attached hydrogens (tertiary/aromatic N) is 2. The fourth-order valence-electron chi connectivity index (χ4n) is 2.74. The summed E-state index contributed by atoms with van der Waals surface area (Å²) in [5, 5.41) is 3.35. The number of thiazole rings is 1. The van der Waals surface area contributed by atoms with Gasteiger partial charge in [0.25, 0.3) is 0 Å². The largest absolute Gasteiger partial charge is 0.330 e. The van der Waals surface area contributed by atoms with Gasteiger partial charge in [-0.15, -0.1) is 11.3 Å². The summed E-state index contributed by atoms with van der Waals surface area (Å²) < 4.78 is 0. The van der Waals surface area contributed by atoms with Crippen molar-refractivity contribution in [3.8, 4) is 11.3 Å². The zero-order valence-corrected chi connectivity index (χ0v) is 12.7. The first kappa shape index (κ1) is 13.7. The topological polar surface area (TPSA) is 42.1 Å². The van der Waals surface area contributed by atoms with Crippen LogP contribution in [0.4, 0.5) is 0 Å². The van der Waals surface area contributed by atoms with Gasteiger partial charge in [-0.3, -0.25) is 4.90 Å². The molecule has 0 bridgehead atoms. The van der Waals surface area contributed by atoms with E-state index < -0.39 is 0 Å². The molecule has 1 fully saturated rings. The first-order valence-corrected chi connectivity index (χ1v) is 7.99. The van der Waals surface area contributed by atoms with Gasteiger partial charge >= 0.3 is 0 Å². The number of hydrogen-bond acceptors (Lipinski definition) is 4. The molecule has 0 aliphatic carbocycles. The van der Waals surface area contributed by atoms with Gasteiger partial charge in [0.2, 0.25) is 0 Å². The molecule has 1 aliphatic heterocycles.